The topological polar surface area (TPSA) is 102 Å². The number of rotatable bonds is 11. The Morgan fingerprint density at radius 3 is 2.29 bits per heavy atom. The zero-order valence-electron chi connectivity index (χ0n) is 20.8. The molecule has 184 valence electrons. The molecule has 3 aromatic carbocycles. The maximum absolute atomic E-state index is 13.0. The van der Waals surface area contributed by atoms with Gasteiger partial charge in [-0.05, 0) is 73.5 Å². The number of nitrogens with one attached hydrogen (secondary N) is 2. The van der Waals surface area contributed by atoms with Crippen molar-refractivity contribution in [3.05, 3.63) is 95.1 Å². The van der Waals surface area contributed by atoms with Gasteiger partial charge in [-0.3, -0.25) is 10.2 Å². The Balaban J connectivity index is 1.69. The molecule has 0 aliphatic heterocycles. The van der Waals surface area contributed by atoms with E-state index in [0.717, 1.165) is 23.2 Å². The van der Waals surface area contributed by atoms with E-state index in [2.05, 4.69) is 34.5 Å². The number of aliphatic hydroxyl groups is 1. The zero-order chi connectivity index (χ0) is 25.4. The normalized spacial score (nSPS) is 12.8. The third kappa shape index (κ3) is 7.25. The fourth-order valence-electron chi connectivity index (χ4n) is 4.34. The highest BCUT2D eigenvalue weighted by molar-refractivity contribution is 5.95. The van der Waals surface area contributed by atoms with Crippen LogP contribution in [0.1, 0.15) is 40.4 Å². The number of nitrogen functional groups attached to an aromatic ring is 1. The molecule has 6 heteroatoms. The first-order valence-corrected chi connectivity index (χ1v) is 12.0. The Morgan fingerprint density at radius 1 is 0.971 bits per heavy atom. The second kappa shape index (κ2) is 12.3. The van der Waals surface area contributed by atoms with Crippen molar-refractivity contribution in [3.8, 4) is 11.1 Å². The van der Waals surface area contributed by atoms with E-state index in [9.17, 15) is 9.90 Å². The number of carbonyl (C=O) groups is 1. The number of benzene rings is 3. The van der Waals surface area contributed by atoms with Gasteiger partial charge in [0, 0.05) is 36.2 Å². The standard InChI is InChI=1S/C29H36N4O2/c1-4-27(26(19-34)16-20-7-5-10-25(15-20)28(30)31)32-29(35)23-13-11-22(12-14-23)24-9-6-8-21(17-24)18-33(2)3/h5-15,17,26-27,34H,4,16,18-19H2,1-3H3,(H3,30,31)(H,32,35). The smallest absolute Gasteiger partial charge is 0.251 e. The highest BCUT2D eigenvalue weighted by Crippen LogP contribution is 2.22. The van der Waals surface area contributed by atoms with Crippen LogP contribution in [0.15, 0.2) is 72.8 Å². The van der Waals surface area contributed by atoms with E-state index in [1.165, 1.54) is 5.56 Å². The lowest BCUT2D eigenvalue weighted by Crippen LogP contribution is -2.42. The summed E-state index contributed by atoms with van der Waals surface area (Å²) in [6.07, 6.45) is 1.28. The molecule has 0 spiro atoms. The summed E-state index contributed by atoms with van der Waals surface area (Å²) in [6.45, 7) is 2.83. The molecular formula is C29H36N4O2. The van der Waals surface area contributed by atoms with Crippen molar-refractivity contribution in [2.75, 3.05) is 20.7 Å². The summed E-state index contributed by atoms with van der Waals surface area (Å²) in [6, 6.07) is 23.4. The molecule has 35 heavy (non-hydrogen) atoms. The maximum Gasteiger partial charge on any atom is 0.251 e. The Labute approximate surface area is 208 Å². The number of hydrogen-bond donors (Lipinski definition) is 4. The number of amidine groups is 1. The van der Waals surface area contributed by atoms with Crippen LogP contribution in [0.4, 0.5) is 0 Å². The van der Waals surface area contributed by atoms with Crippen molar-refractivity contribution >= 4 is 11.7 Å². The summed E-state index contributed by atoms with van der Waals surface area (Å²) in [5.41, 5.74) is 11.3. The number of nitrogens with two attached hydrogens (primary N) is 1. The zero-order valence-corrected chi connectivity index (χ0v) is 20.8. The first-order chi connectivity index (χ1) is 16.8. The molecule has 3 rings (SSSR count). The van der Waals surface area contributed by atoms with Crippen LogP contribution in [0.5, 0.6) is 0 Å². The second-order valence-corrected chi connectivity index (χ2v) is 9.26. The van der Waals surface area contributed by atoms with Crippen LogP contribution in [0.2, 0.25) is 0 Å². The van der Waals surface area contributed by atoms with Crippen LogP contribution < -0.4 is 11.1 Å². The van der Waals surface area contributed by atoms with Crippen molar-refractivity contribution in [2.45, 2.75) is 32.4 Å². The number of hydrogen-bond acceptors (Lipinski definition) is 4. The quantitative estimate of drug-likeness (QED) is 0.250. The van der Waals surface area contributed by atoms with Gasteiger partial charge in [-0.1, -0.05) is 55.5 Å². The first kappa shape index (κ1) is 26.1. The molecule has 0 aromatic heterocycles. The van der Waals surface area contributed by atoms with Crippen molar-refractivity contribution in [3.63, 3.8) is 0 Å². The fraction of sp³-hybridized carbons (Fsp3) is 0.310. The Hall–Kier alpha value is -3.48. The largest absolute Gasteiger partial charge is 0.396 e. The highest BCUT2D eigenvalue weighted by Gasteiger charge is 2.22. The first-order valence-electron chi connectivity index (χ1n) is 12.0. The number of carbonyl (C=O) groups excluding carboxylic acids is 1. The van der Waals surface area contributed by atoms with Gasteiger partial charge in [-0.15, -0.1) is 0 Å². The van der Waals surface area contributed by atoms with E-state index < -0.39 is 0 Å². The van der Waals surface area contributed by atoms with Gasteiger partial charge in [-0.25, -0.2) is 0 Å². The van der Waals surface area contributed by atoms with Crippen LogP contribution in [0.25, 0.3) is 11.1 Å². The molecule has 0 radical (unpaired) electrons. The summed E-state index contributed by atoms with van der Waals surface area (Å²) in [5, 5.41) is 20.8. The summed E-state index contributed by atoms with van der Waals surface area (Å²) in [5.74, 6) is -0.286. The lowest BCUT2D eigenvalue weighted by Gasteiger charge is -2.26. The van der Waals surface area contributed by atoms with Gasteiger partial charge < -0.3 is 21.1 Å². The SMILES string of the molecule is CCC(NC(=O)c1ccc(-c2cccc(CN(C)C)c2)cc1)C(CO)Cc1cccc(C(=N)N)c1. The van der Waals surface area contributed by atoms with Gasteiger partial charge >= 0.3 is 0 Å². The van der Waals surface area contributed by atoms with Crippen molar-refractivity contribution in [2.24, 2.45) is 11.7 Å². The molecule has 0 bridgehead atoms. The van der Waals surface area contributed by atoms with E-state index in [1.807, 2.05) is 63.5 Å². The number of amides is 1. The monoisotopic (exact) mass is 472 g/mol. The third-order valence-corrected chi connectivity index (χ3v) is 6.20. The predicted molar refractivity (Wildman–Crippen MR) is 143 cm³/mol. The average molecular weight is 473 g/mol. The van der Waals surface area contributed by atoms with Gasteiger partial charge in [-0.2, -0.15) is 0 Å². The van der Waals surface area contributed by atoms with Crippen LogP contribution in [0.3, 0.4) is 0 Å². The molecule has 6 nitrogen and oxygen atoms in total. The molecular weight excluding hydrogens is 436 g/mol. The lowest BCUT2D eigenvalue weighted by molar-refractivity contribution is 0.0901. The molecule has 0 fully saturated rings. The minimum absolute atomic E-state index is 0.0145. The van der Waals surface area contributed by atoms with E-state index in [4.69, 9.17) is 11.1 Å². The Kier molecular flexibility index (Phi) is 9.18. The van der Waals surface area contributed by atoms with Crippen LogP contribution in [0, 0.1) is 11.3 Å². The van der Waals surface area contributed by atoms with Gasteiger partial charge in [0.2, 0.25) is 0 Å². The van der Waals surface area contributed by atoms with E-state index in [0.29, 0.717) is 24.0 Å². The minimum Gasteiger partial charge on any atom is -0.396 e. The van der Waals surface area contributed by atoms with E-state index in [-0.39, 0.29) is 30.3 Å². The molecule has 0 heterocycles. The molecule has 5 N–H and O–H groups in total. The average Bonchev–Trinajstić information content (AvgIpc) is 2.86. The van der Waals surface area contributed by atoms with E-state index >= 15 is 0 Å². The van der Waals surface area contributed by atoms with Gasteiger partial charge in [0.15, 0.2) is 0 Å². The molecule has 1 amide bonds. The van der Waals surface area contributed by atoms with E-state index in [1.54, 1.807) is 6.07 Å². The molecule has 2 atom stereocenters. The molecule has 2 unspecified atom stereocenters. The lowest BCUT2D eigenvalue weighted by atomic mass is 9.90. The molecule has 0 aliphatic rings. The van der Waals surface area contributed by atoms with Crippen LogP contribution >= 0.6 is 0 Å². The molecule has 0 saturated heterocycles. The van der Waals surface area contributed by atoms with Gasteiger partial charge in [0.1, 0.15) is 5.84 Å². The summed E-state index contributed by atoms with van der Waals surface area (Å²) < 4.78 is 0. The maximum atomic E-state index is 13.0. The predicted octanol–water partition coefficient (Wildman–Crippen LogP) is 4.06. The summed E-state index contributed by atoms with van der Waals surface area (Å²) in [4.78, 5) is 15.1. The second-order valence-electron chi connectivity index (χ2n) is 9.26. The van der Waals surface area contributed by atoms with Gasteiger partial charge in [0.05, 0.1) is 0 Å². The molecule has 0 aliphatic carbocycles. The Morgan fingerprint density at radius 2 is 1.66 bits per heavy atom. The fourth-order valence-corrected chi connectivity index (χ4v) is 4.34. The van der Waals surface area contributed by atoms with Gasteiger partial charge in [0.25, 0.3) is 5.91 Å². The third-order valence-electron chi connectivity index (χ3n) is 6.20. The molecule has 3 aromatic rings. The van der Waals surface area contributed by atoms with Crippen molar-refractivity contribution < 1.29 is 9.90 Å². The number of nitrogens with zero attached hydrogens (tertiary/aromatic N) is 1. The summed E-state index contributed by atoms with van der Waals surface area (Å²) >= 11 is 0. The van der Waals surface area contributed by atoms with Crippen LogP contribution in [-0.2, 0) is 13.0 Å². The highest BCUT2D eigenvalue weighted by atomic mass is 16.3. The number of aliphatic hydroxyl groups excluding tert-OH is 1. The minimum atomic E-state index is -0.184. The Bertz CT molecular complexity index is 1140. The van der Waals surface area contributed by atoms with Crippen molar-refractivity contribution in [1.82, 2.24) is 10.2 Å². The molecule has 0 saturated carbocycles. The summed E-state index contributed by atoms with van der Waals surface area (Å²) in [7, 11) is 4.10. The van der Waals surface area contributed by atoms with Crippen molar-refractivity contribution in [1.29, 1.82) is 5.41 Å². The van der Waals surface area contributed by atoms with Crippen LogP contribution in [-0.4, -0.2) is 48.5 Å².